The van der Waals surface area contributed by atoms with E-state index in [2.05, 4.69) is 5.32 Å². The molecular weight excluding hydrogens is 492 g/mol. The Hall–Kier alpha value is -2.66. The topological polar surface area (TPSA) is 97.4 Å². The molecule has 0 bridgehead atoms. The Kier molecular flexibility index (Phi) is 8.53. The van der Waals surface area contributed by atoms with Gasteiger partial charge in [0.05, 0.1) is 23.7 Å². The van der Waals surface area contributed by atoms with Gasteiger partial charge in [0, 0.05) is 20.6 Å². The van der Waals surface area contributed by atoms with Gasteiger partial charge in [-0.1, -0.05) is 24.3 Å². The Morgan fingerprint density at radius 1 is 1.11 bits per heavy atom. The molecule has 1 N–H and O–H groups in total. The largest absolute Gasteiger partial charge is 0.494 e. The van der Waals surface area contributed by atoms with Crippen LogP contribution in [0.3, 0.4) is 0 Å². The Labute approximate surface area is 225 Å². The smallest absolute Gasteiger partial charge is 0.444 e. The third-order valence-electron chi connectivity index (χ3n) is 7.24. The first kappa shape index (κ1) is 29.9. The number of halogens is 1. The first-order valence-electron chi connectivity index (χ1n) is 13.0. The van der Waals surface area contributed by atoms with Crippen LogP contribution in [-0.2, 0) is 23.6 Å². The summed E-state index contributed by atoms with van der Waals surface area (Å²) in [6.07, 6.45) is -1.78. The van der Waals surface area contributed by atoms with Crippen molar-refractivity contribution in [3.05, 3.63) is 29.8 Å². The monoisotopic (exact) mass is 533 g/mol. The van der Waals surface area contributed by atoms with Crippen LogP contribution in [0, 0.1) is 0 Å². The summed E-state index contributed by atoms with van der Waals surface area (Å²) in [4.78, 5) is 42.6. The van der Waals surface area contributed by atoms with Crippen molar-refractivity contribution in [1.82, 2.24) is 15.1 Å². The number of carbonyl (C=O) groups excluding carboxylic acids is 3. The number of alkyl carbamates (subject to hydrolysis) is 1. The lowest BCUT2D eigenvalue weighted by molar-refractivity contribution is -0.139. The predicted molar refractivity (Wildman–Crippen MR) is 143 cm³/mol. The molecule has 0 radical (unpaired) electrons. The van der Waals surface area contributed by atoms with Crippen LogP contribution in [0.1, 0.15) is 66.4 Å². The molecule has 0 saturated carbocycles. The molecule has 38 heavy (non-hydrogen) atoms. The van der Waals surface area contributed by atoms with E-state index in [9.17, 15) is 18.8 Å². The average Bonchev–Trinajstić information content (AvgIpc) is 3.31. The van der Waals surface area contributed by atoms with Gasteiger partial charge in [0.2, 0.25) is 11.8 Å². The number of rotatable bonds is 6. The zero-order valence-corrected chi connectivity index (χ0v) is 24.0. The zero-order chi connectivity index (χ0) is 28.6. The van der Waals surface area contributed by atoms with Crippen molar-refractivity contribution in [1.29, 1.82) is 0 Å². The van der Waals surface area contributed by atoms with Gasteiger partial charge in [0.15, 0.2) is 0 Å². The first-order chi connectivity index (χ1) is 17.4. The van der Waals surface area contributed by atoms with Gasteiger partial charge in [0.1, 0.15) is 17.8 Å². The van der Waals surface area contributed by atoms with Crippen LogP contribution in [0.2, 0.25) is 0 Å². The Morgan fingerprint density at radius 3 is 2.11 bits per heavy atom. The summed E-state index contributed by atoms with van der Waals surface area (Å²) in [6, 6.07) is 5.73. The molecule has 2 heterocycles. The second-order valence-electron chi connectivity index (χ2n) is 12.3. The van der Waals surface area contributed by atoms with Crippen molar-refractivity contribution in [2.75, 3.05) is 27.2 Å². The fourth-order valence-electron chi connectivity index (χ4n) is 4.43. The number of nitrogens with zero attached hydrogens (tertiary/aromatic N) is 2. The molecule has 2 aliphatic heterocycles. The second kappa shape index (κ2) is 10.8. The molecule has 11 heteroatoms. The number of ether oxygens (including phenoxy) is 1. The highest BCUT2D eigenvalue weighted by Crippen LogP contribution is 2.36. The molecule has 0 aromatic heterocycles. The lowest BCUT2D eigenvalue weighted by Crippen LogP contribution is -2.55. The van der Waals surface area contributed by atoms with E-state index in [0.29, 0.717) is 5.56 Å². The van der Waals surface area contributed by atoms with Gasteiger partial charge in [-0.05, 0) is 65.9 Å². The maximum Gasteiger partial charge on any atom is 0.494 e. The first-order valence-corrected chi connectivity index (χ1v) is 13.0. The van der Waals surface area contributed by atoms with Crippen LogP contribution in [0.4, 0.5) is 9.18 Å². The molecule has 2 saturated heterocycles. The van der Waals surface area contributed by atoms with Crippen molar-refractivity contribution in [3.8, 4) is 0 Å². The Morgan fingerprint density at radius 2 is 1.66 bits per heavy atom. The van der Waals surface area contributed by atoms with Gasteiger partial charge in [-0.3, -0.25) is 9.59 Å². The number of benzene rings is 1. The van der Waals surface area contributed by atoms with Gasteiger partial charge in [-0.25, -0.2) is 9.18 Å². The molecule has 0 unspecified atom stereocenters. The SMILES string of the molecule is CN(C)C(=O)[C@@H](c1ccc(B2OC(C)(C)C(C)(C)O2)cc1)[C@H](NC(=O)OC(C)(C)C)C(=O)N1CC[C@H](F)C1. The number of hydrogen-bond acceptors (Lipinski definition) is 6. The standard InChI is InChI=1S/C27H41BFN3O6/c1-25(2,3)36-24(35)30-21(23(34)32-15-14-19(29)16-32)20(22(33)31(8)9)17-10-12-18(13-11-17)28-37-26(4,5)27(6,7)38-28/h10-13,19-21H,14-16H2,1-9H3,(H,30,35)/t19-,20-,21-/m0/s1. The Bertz CT molecular complexity index is 1020. The maximum atomic E-state index is 14.0. The van der Waals surface area contributed by atoms with Crippen molar-refractivity contribution in [3.63, 3.8) is 0 Å². The molecule has 0 spiro atoms. The van der Waals surface area contributed by atoms with Crippen LogP contribution in [-0.4, -0.2) is 91.0 Å². The highest BCUT2D eigenvalue weighted by molar-refractivity contribution is 6.62. The molecule has 9 nitrogen and oxygen atoms in total. The van der Waals surface area contributed by atoms with Gasteiger partial charge >= 0.3 is 13.2 Å². The van der Waals surface area contributed by atoms with E-state index in [1.54, 1.807) is 59.1 Å². The van der Waals surface area contributed by atoms with Gasteiger partial charge in [-0.2, -0.15) is 0 Å². The van der Waals surface area contributed by atoms with Crippen LogP contribution in [0.25, 0.3) is 0 Å². The highest BCUT2D eigenvalue weighted by atomic mass is 19.1. The van der Waals surface area contributed by atoms with Crippen molar-refractivity contribution < 1.29 is 32.8 Å². The normalized spacial score (nSPS) is 22.1. The third kappa shape index (κ3) is 6.67. The van der Waals surface area contributed by atoms with Crippen molar-refractivity contribution in [2.24, 2.45) is 0 Å². The van der Waals surface area contributed by atoms with Gasteiger partial charge < -0.3 is 29.2 Å². The number of alkyl halides is 1. The molecule has 2 aliphatic rings. The molecule has 3 amide bonds. The summed E-state index contributed by atoms with van der Waals surface area (Å²) in [6.45, 7) is 13.1. The minimum Gasteiger partial charge on any atom is -0.444 e. The average molecular weight is 533 g/mol. The van der Waals surface area contributed by atoms with E-state index in [0.717, 1.165) is 5.46 Å². The highest BCUT2D eigenvalue weighted by Gasteiger charge is 2.52. The van der Waals surface area contributed by atoms with E-state index >= 15 is 0 Å². The van der Waals surface area contributed by atoms with Crippen LogP contribution >= 0.6 is 0 Å². The predicted octanol–water partition coefficient (Wildman–Crippen LogP) is 2.62. The summed E-state index contributed by atoms with van der Waals surface area (Å²) >= 11 is 0. The summed E-state index contributed by atoms with van der Waals surface area (Å²) < 4.78 is 31.7. The lowest BCUT2D eigenvalue weighted by atomic mass is 9.77. The third-order valence-corrected chi connectivity index (χ3v) is 7.24. The molecule has 1 aromatic rings. The van der Waals surface area contributed by atoms with Crippen LogP contribution < -0.4 is 10.8 Å². The summed E-state index contributed by atoms with van der Waals surface area (Å²) in [5, 5.41) is 2.62. The number of nitrogens with one attached hydrogen (secondary N) is 1. The zero-order valence-electron chi connectivity index (χ0n) is 24.0. The molecule has 3 rings (SSSR count). The number of amides is 3. The fraction of sp³-hybridized carbons (Fsp3) is 0.667. The van der Waals surface area contributed by atoms with Gasteiger partial charge in [0.25, 0.3) is 0 Å². The van der Waals surface area contributed by atoms with E-state index in [1.807, 2.05) is 27.7 Å². The summed E-state index contributed by atoms with van der Waals surface area (Å²) in [5.74, 6) is -2.00. The number of likely N-dealkylation sites (N-methyl/N-ethyl adjacent to an activating group) is 1. The molecule has 1 aromatic carbocycles. The van der Waals surface area contributed by atoms with E-state index in [1.165, 1.54) is 9.80 Å². The molecule has 3 atom stereocenters. The Balaban J connectivity index is 1.97. The number of hydrogen-bond donors (Lipinski definition) is 1. The van der Waals surface area contributed by atoms with E-state index < -0.39 is 60.0 Å². The molecule has 0 aliphatic carbocycles. The fourth-order valence-corrected chi connectivity index (χ4v) is 4.43. The molecule has 210 valence electrons. The number of carbonyl (C=O) groups is 3. The maximum absolute atomic E-state index is 14.0. The van der Waals surface area contributed by atoms with Crippen LogP contribution in [0.15, 0.2) is 24.3 Å². The molecule has 2 fully saturated rings. The quantitative estimate of drug-likeness (QED) is 0.565. The number of likely N-dealkylation sites (tertiary alicyclic amines) is 1. The van der Waals surface area contributed by atoms with E-state index in [-0.39, 0.29) is 19.5 Å². The minimum atomic E-state index is -1.30. The summed E-state index contributed by atoms with van der Waals surface area (Å²) in [7, 11) is 2.56. The molecular formula is C27H41BFN3O6. The van der Waals surface area contributed by atoms with Crippen molar-refractivity contribution in [2.45, 2.75) is 89.8 Å². The van der Waals surface area contributed by atoms with E-state index in [4.69, 9.17) is 14.0 Å². The second-order valence-corrected chi connectivity index (χ2v) is 12.3. The van der Waals surface area contributed by atoms with Crippen molar-refractivity contribution >= 4 is 30.5 Å². The van der Waals surface area contributed by atoms with Gasteiger partial charge in [-0.15, -0.1) is 0 Å². The van der Waals surface area contributed by atoms with Crippen LogP contribution in [0.5, 0.6) is 0 Å². The summed E-state index contributed by atoms with van der Waals surface area (Å²) in [5.41, 5.74) is -0.585. The minimum absolute atomic E-state index is 0.0882. The lowest BCUT2D eigenvalue weighted by Gasteiger charge is -2.32.